The molecule has 0 saturated carbocycles. The van der Waals surface area contributed by atoms with Crippen LogP contribution in [0.2, 0.25) is 5.02 Å². The summed E-state index contributed by atoms with van der Waals surface area (Å²) in [4.78, 5) is 26.3. The van der Waals surface area contributed by atoms with E-state index in [0.717, 1.165) is 32.0 Å². The van der Waals surface area contributed by atoms with Crippen LogP contribution in [-0.2, 0) is 4.79 Å². The van der Waals surface area contributed by atoms with Gasteiger partial charge in [0, 0.05) is 12.1 Å². The fraction of sp³-hybridized carbons (Fsp3) is 0.579. The Morgan fingerprint density at radius 2 is 1.92 bits per heavy atom. The van der Waals surface area contributed by atoms with Gasteiger partial charge in [-0.3, -0.25) is 14.5 Å². The van der Waals surface area contributed by atoms with Crippen molar-refractivity contribution in [1.29, 1.82) is 0 Å². The van der Waals surface area contributed by atoms with E-state index in [1.165, 1.54) is 12.1 Å². The molecule has 2 N–H and O–H groups in total. The SMILES string of the molecule is CC(C)(C)NC(=O)CN1CCC(CNC(=O)c2cc(F)ccc2Cl)CC1. The Bertz CT molecular complexity index is 653. The molecule has 0 bridgehead atoms. The van der Waals surface area contributed by atoms with Crippen LogP contribution in [0.5, 0.6) is 0 Å². The zero-order valence-electron chi connectivity index (χ0n) is 15.6. The summed E-state index contributed by atoms with van der Waals surface area (Å²) in [6, 6.07) is 3.76. The van der Waals surface area contributed by atoms with Crippen LogP contribution in [0.15, 0.2) is 18.2 Å². The second-order valence-electron chi connectivity index (χ2n) is 7.85. The number of piperidine rings is 1. The second-order valence-corrected chi connectivity index (χ2v) is 8.26. The van der Waals surface area contributed by atoms with E-state index in [1.54, 1.807) is 0 Å². The van der Waals surface area contributed by atoms with Gasteiger partial charge >= 0.3 is 0 Å². The van der Waals surface area contributed by atoms with Crippen molar-refractivity contribution in [1.82, 2.24) is 15.5 Å². The first kappa shape index (κ1) is 20.6. The maximum atomic E-state index is 13.3. The van der Waals surface area contributed by atoms with Gasteiger partial charge in [0.1, 0.15) is 5.82 Å². The number of nitrogens with zero attached hydrogens (tertiary/aromatic N) is 1. The summed E-state index contributed by atoms with van der Waals surface area (Å²) in [5, 5.41) is 6.04. The van der Waals surface area contributed by atoms with Crippen LogP contribution in [0.3, 0.4) is 0 Å². The minimum atomic E-state index is -0.485. The van der Waals surface area contributed by atoms with Gasteiger partial charge in [0.15, 0.2) is 0 Å². The summed E-state index contributed by atoms with van der Waals surface area (Å²) >= 11 is 5.95. The topological polar surface area (TPSA) is 61.4 Å². The van der Waals surface area contributed by atoms with Gasteiger partial charge in [-0.05, 0) is 70.8 Å². The lowest BCUT2D eigenvalue weighted by Crippen LogP contribution is -2.48. The Morgan fingerprint density at radius 1 is 1.27 bits per heavy atom. The van der Waals surface area contributed by atoms with Gasteiger partial charge in [0.25, 0.3) is 5.91 Å². The van der Waals surface area contributed by atoms with Gasteiger partial charge in [-0.15, -0.1) is 0 Å². The zero-order valence-corrected chi connectivity index (χ0v) is 16.3. The number of likely N-dealkylation sites (tertiary alicyclic amines) is 1. The Morgan fingerprint density at radius 3 is 2.54 bits per heavy atom. The molecule has 1 saturated heterocycles. The number of rotatable bonds is 5. The lowest BCUT2D eigenvalue weighted by atomic mass is 9.96. The van der Waals surface area contributed by atoms with E-state index in [4.69, 9.17) is 11.6 Å². The second kappa shape index (κ2) is 8.82. The molecule has 0 radical (unpaired) electrons. The molecule has 1 fully saturated rings. The molecule has 0 atom stereocenters. The zero-order chi connectivity index (χ0) is 19.3. The summed E-state index contributed by atoms with van der Waals surface area (Å²) in [5.74, 6) is -0.471. The Kier molecular flexibility index (Phi) is 7.01. The van der Waals surface area contributed by atoms with Crippen LogP contribution in [0, 0.1) is 11.7 Å². The normalized spacial score (nSPS) is 16.3. The highest BCUT2D eigenvalue weighted by atomic mass is 35.5. The summed E-state index contributed by atoms with van der Waals surface area (Å²) < 4.78 is 13.3. The fourth-order valence-electron chi connectivity index (χ4n) is 3.01. The standard InChI is InChI=1S/C19H27ClFN3O2/c1-19(2,3)23-17(25)12-24-8-6-13(7-9-24)11-22-18(26)15-10-14(21)4-5-16(15)20/h4-5,10,13H,6-9,11-12H2,1-3H3,(H,22,26)(H,23,25). The summed E-state index contributed by atoms with van der Waals surface area (Å²) in [6.07, 6.45) is 1.81. The lowest BCUT2D eigenvalue weighted by molar-refractivity contribution is -0.124. The van der Waals surface area contributed by atoms with Crippen molar-refractivity contribution in [3.8, 4) is 0 Å². The van der Waals surface area contributed by atoms with Gasteiger partial charge in [0.2, 0.25) is 5.91 Å². The molecule has 7 heteroatoms. The largest absolute Gasteiger partial charge is 0.352 e. The summed E-state index contributed by atoms with van der Waals surface area (Å²) in [5.41, 5.74) is -0.0688. The minimum absolute atomic E-state index is 0.0324. The number of carbonyl (C=O) groups is 2. The summed E-state index contributed by atoms with van der Waals surface area (Å²) in [7, 11) is 0. The molecule has 2 amide bonds. The van der Waals surface area contributed by atoms with Crippen molar-refractivity contribution in [3.63, 3.8) is 0 Å². The van der Waals surface area contributed by atoms with Crippen molar-refractivity contribution < 1.29 is 14.0 Å². The Hall–Kier alpha value is -1.66. The molecule has 1 aliphatic heterocycles. The molecule has 1 heterocycles. The van der Waals surface area contributed by atoms with Crippen LogP contribution >= 0.6 is 11.6 Å². The molecule has 5 nitrogen and oxygen atoms in total. The highest BCUT2D eigenvalue weighted by molar-refractivity contribution is 6.33. The Balaban J connectivity index is 1.74. The van der Waals surface area contributed by atoms with Crippen LogP contribution in [-0.4, -0.2) is 48.4 Å². The lowest BCUT2D eigenvalue weighted by Gasteiger charge is -2.32. The van der Waals surface area contributed by atoms with Crippen molar-refractivity contribution in [2.24, 2.45) is 5.92 Å². The van der Waals surface area contributed by atoms with E-state index in [-0.39, 0.29) is 27.9 Å². The number of carbonyl (C=O) groups excluding carboxylic acids is 2. The van der Waals surface area contributed by atoms with Gasteiger partial charge < -0.3 is 10.6 Å². The molecule has 144 valence electrons. The molecule has 0 aromatic heterocycles. The number of halogens is 2. The van der Waals surface area contributed by atoms with Gasteiger partial charge in [-0.1, -0.05) is 11.6 Å². The van der Waals surface area contributed by atoms with Crippen molar-refractivity contribution in [2.75, 3.05) is 26.2 Å². The maximum absolute atomic E-state index is 13.3. The third-order valence-electron chi connectivity index (χ3n) is 4.31. The van der Waals surface area contributed by atoms with Crippen LogP contribution in [0.25, 0.3) is 0 Å². The predicted octanol–water partition coefficient (Wildman–Crippen LogP) is 2.84. The fourth-order valence-corrected chi connectivity index (χ4v) is 3.22. The van der Waals surface area contributed by atoms with E-state index in [9.17, 15) is 14.0 Å². The van der Waals surface area contributed by atoms with E-state index >= 15 is 0 Å². The first-order valence-corrected chi connectivity index (χ1v) is 9.28. The first-order valence-electron chi connectivity index (χ1n) is 8.90. The molecule has 2 rings (SSSR count). The number of nitrogens with one attached hydrogen (secondary N) is 2. The van der Waals surface area contributed by atoms with Gasteiger partial charge in [-0.25, -0.2) is 4.39 Å². The number of hydrogen-bond donors (Lipinski definition) is 2. The molecule has 26 heavy (non-hydrogen) atoms. The number of amides is 2. The molecule has 0 spiro atoms. The van der Waals surface area contributed by atoms with E-state index in [0.29, 0.717) is 19.0 Å². The van der Waals surface area contributed by atoms with Crippen molar-refractivity contribution in [3.05, 3.63) is 34.6 Å². The molecular formula is C19H27ClFN3O2. The molecule has 1 aromatic carbocycles. The maximum Gasteiger partial charge on any atom is 0.252 e. The van der Waals surface area contributed by atoms with E-state index in [1.807, 2.05) is 20.8 Å². The van der Waals surface area contributed by atoms with Gasteiger partial charge in [0.05, 0.1) is 17.1 Å². The predicted molar refractivity (Wildman–Crippen MR) is 101 cm³/mol. The highest BCUT2D eigenvalue weighted by Crippen LogP contribution is 2.19. The molecule has 0 unspecified atom stereocenters. The summed E-state index contributed by atoms with van der Waals surface area (Å²) in [6.45, 7) is 8.45. The minimum Gasteiger partial charge on any atom is -0.352 e. The number of benzene rings is 1. The van der Waals surface area contributed by atoms with E-state index in [2.05, 4.69) is 15.5 Å². The first-order chi connectivity index (χ1) is 12.1. The van der Waals surface area contributed by atoms with Gasteiger partial charge in [-0.2, -0.15) is 0 Å². The third-order valence-corrected chi connectivity index (χ3v) is 4.64. The van der Waals surface area contributed by atoms with Crippen molar-refractivity contribution >= 4 is 23.4 Å². The van der Waals surface area contributed by atoms with Crippen LogP contribution in [0.4, 0.5) is 4.39 Å². The quantitative estimate of drug-likeness (QED) is 0.821. The molecule has 0 aliphatic carbocycles. The highest BCUT2D eigenvalue weighted by Gasteiger charge is 2.23. The monoisotopic (exact) mass is 383 g/mol. The van der Waals surface area contributed by atoms with E-state index < -0.39 is 5.82 Å². The van der Waals surface area contributed by atoms with Crippen LogP contribution < -0.4 is 10.6 Å². The Labute approximate surface area is 159 Å². The molecule has 1 aromatic rings. The molecule has 1 aliphatic rings. The van der Waals surface area contributed by atoms with Crippen LogP contribution in [0.1, 0.15) is 44.0 Å². The average molecular weight is 384 g/mol. The van der Waals surface area contributed by atoms with Crippen molar-refractivity contribution in [2.45, 2.75) is 39.2 Å². The smallest absolute Gasteiger partial charge is 0.252 e. The molecular weight excluding hydrogens is 357 g/mol. The number of hydrogen-bond acceptors (Lipinski definition) is 3. The third kappa shape index (κ3) is 6.57. The average Bonchev–Trinajstić information content (AvgIpc) is 2.54.